The van der Waals surface area contributed by atoms with Crippen LogP contribution in [0.15, 0.2) is 81.0 Å². The van der Waals surface area contributed by atoms with Gasteiger partial charge >= 0.3 is 16.9 Å². The highest BCUT2D eigenvalue weighted by Crippen LogP contribution is 2.31. The van der Waals surface area contributed by atoms with E-state index in [1.807, 2.05) is 37.3 Å². The predicted octanol–water partition coefficient (Wildman–Crippen LogP) is 7.72. The van der Waals surface area contributed by atoms with E-state index in [9.17, 15) is 42.7 Å². The molecule has 18 heteroatoms. The Hall–Kier alpha value is -6.82. The van der Waals surface area contributed by atoms with Gasteiger partial charge in [0.2, 0.25) is 17.5 Å². The highest BCUT2D eigenvalue weighted by Gasteiger charge is 2.38. The Labute approximate surface area is 409 Å². The quantitative estimate of drug-likeness (QED) is 0.0475. The Morgan fingerprint density at radius 3 is 1.87 bits per heavy atom. The van der Waals surface area contributed by atoms with Crippen LogP contribution >= 0.6 is 0 Å². The average molecular weight is 983 g/mol. The number of ether oxygens (including phenoxy) is 2. The Morgan fingerprint density at radius 1 is 0.704 bits per heavy atom. The maximum Gasteiger partial charge on any atom is 0.337 e. The number of nitrogens with zero attached hydrogens (tertiary/aromatic N) is 3. The molecule has 2 aliphatic heterocycles. The molecule has 4 amide bonds. The van der Waals surface area contributed by atoms with Crippen LogP contribution < -0.4 is 27.2 Å². The predicted molar refractivity (Wildman–Crippen MR) is 260 cm³/mol. The molecule has 1 aromatic carbocycles. The molecular formula is C53H63FN4O13. The van der Waals surface area contributed by atoms with E-state index in [-0.39, 0.29) is 65.1 Å². The lowest BCUT2D eigenvalue weighted by Crippen LogP contribution is -2.46. The summed E-state index contributed by atoms with van der Waals surface area (Å²) in [6, 6.07) is 14.2. The van der Waals surface area contributed by atoms with Crippen molar-refractivity contribution >= 4 is 34.7 Å². The number of alkyl halides is 1. The summed E-state index contributed by atoms with van der Waals surface area (Å²) in [7, 11) is 0. The van der Waals surface area contributed by atoms with Gasteiger partial charge in [-0.15, -0.1) is 0 Å². The number of hydrogen-bond acceptors (Lipinski definition) is 14. The van der Waals surface area contributed by atoms with Gasteiger partial charge in [0.25, 0.3) is 23.4 Å². The number of aromatic amines is 1. The Bertz CT molecular complexity index is 2920. The van der Waals surface area contributed by atoms with E-state index in [0.717, 1.165) is 76.7 Å². The van der Waals surface area contributed by atoms with E-state index in [4.69, 9.17) is 22.7 Å². The molecule has 4 aromatic heterocycles. The van der Waals surface area contributed by atoms with Gasteiger partial charge in [0.15, 0.2) is 6.30 Å². The first-order valence-corrected chi connectivity index (χ1v) is 24.7. The summed E-state index contributed by atoms with van der Waals surface area (Å²) < 4.78 is 40.2. The molecule has 0 bridgehead atoms. The minimum atomic E-state index is -1.70. The molecule has 380 valence electrons. The van der Waals surface area contributed by atoms with E-state index in [0.29, 0.717) is 77.5 Å². The van der Waals surface area contributed by atoms with Crippen molar-refractivity contribution < 1.29 is 46.3 Å². The van der Waals surface area contributed by atoms with Gasteiger partial charge in [-0.05, 0) is 93.4 Å². The second-order valence-corrected chi connectivity index (χ2v) is 18.0. The molecule has 1 aliphatic carbocycles. The molecule has 1 saturated carbocycles. The van der Waals surface area contributed by atoms with E-state index in [1.54, 1.807) is 6.92 Å². The van der Waals surface area contributed by atoms with Gasteiger partial charge in [0.1, 0.15) is 23.0 Å². The van der Waals surface area contributed by atoms with Gasteiger partial charge < -0.3 is 22.7 Å². The van der Waals surface area contributed by atoms with Crippen molar-refractivity contribution in [2.45, 2.75) is 150 Å². The van der Waals surface area contributed by atoms with E-state index in [1.165, 1.54) is 23.1 Å². The van der Waals surface area contributed by atoms with Crippen molar-refractivity contribution in [2.24, 2.45) is 5.92 Å². The van der Waals surface area contributed by atoms with Crippen LogP contribution in [0.1, 0.15) is 153 Å². The van der Waals surface area contributed by atoms with E-state index < -0.39 is 35.0 Å². The molecular weight excluding hydrogens is 920 g/mol. The first kappa shape index (κ1) is 53.5. The van der Waals surface area contributed by atoms with Crippen LogP contribution in [0.4, 0.5) is 4.39 Å². The number of rotatable bonds is 19. The van der Waals surface area contributed by atoms with Crippen LogP contribution in [-0.4, -0.2) is 68.9 Å². The molecule has 8 rings (SSSR count). The zero-order valence-corrected chi connectivity index (χ0v) is 41.1. The first-order chi connectivity index (χ1) is 34.1. The Kier molecular flexibility index (Phi) is 19.1. The van der Waals surface area contributed by atoms with Gasteiger partial charge in [-0.2, -0.15) is 4.98 Å². The smallest absolute Gasteiger partial charge is 0.337 e. The molecule has 0 radical (unpaired) electrons. The summed E-state index contributed by atoms with van der Waals surface area (Å²) in [4.78, 5) is 105. The zero-order valence-electron chi connectivity index (χ0n) is 41.1. The van der Waals surface area contributed by atoms with Crippen LogP contribution in [0.5, 0.6) is 6.01 Å². The van der Waals surface area contributed by atoms with Gasteiger partial charge in [-0.25, -0.2) is 23.7 Å². The molecule has 5 aromatic rings. The van der Waals surface area contributed by atoms with Crippen LogP contribution in [-0.2, 0) is 53.0 Å². The van der Waals surface area contributed by atoms with Crippen LogP contribution in [0.25, 0.3) is 11.1 Å². The number of H-pyrrole nitrogens is 1. The molecule has 6 heterocycles. The number of unbranched alkanes of at least 4 members (excludes halogenated alkanes) is 5. The highest BCUT2D eigenvalue weighted by atomic mass is 19.1. The third-order valence-corrected chi connectivity index (χ3v) is 12.5. The highest BCUT2D eigenvalue weighted by molar-refractivity contribution is 6.10. The molecule has 0 spiro atoms. The van der Waals surface area contributed by atoms with Crippen molar-refractivity contribution in [3.8, 4) is 6.01 Å². The Balaban J connectivity index is 0.000000180. The van der Waals surface area contributed by atoms with Gasteiger partial charge in [-0.1, -0.05) is 83.2 Å². The first-order valence-electron chi connectivity index (χ1n) is 24.7. The minimum Gasteiger partial charge on any atom is -0.461 e. The molecule has 3 aliphatic rings. The number of aryl methyl sites for hydroxylation is 3. The standard InChI is InChI=1S/C23H26N2O5.C16H21NO4.C14H16FNO4/c1-2-3-9-17-12-19(26)30-22-20(17)21(27)24-23(25-22)29-18-10-16(11-18)14-28-13-15-7-5-4-6-8-15;1-3-5-6-7-8-11-9-14(19)21-12-10-13(18)17(4-2)16(20)15(11)12;1-3-4-5-9-6-12(18)20-10-7-11(17)16(8(2)15)14(19)13(9)10/h4-8,12,16,18H,2-3,9-11,13-14H2,1H3,(H,24,25,27);9H,3-8,10H2,1-2H3;6,8H,3-5,7H2,1-2H3. The third-order valence-electron chi connectivity index (χ3n) is 12.5. The summed E-state index contributed by atoms with van der Waals surface area (Å²) in [6.07, 6.45) is 9.29. The van der Waals surface area contributed by atoms with E-state index in [2.05, 4.69) is 23.8 Å². The summed E-state index contributed by atoms with van der Waals surface area (Å²) in [5, 5.41) is 0.330. The lowest BCUT2D eigenvalue weighted by molar-refractivity contribution is -0.133. The number of carbonyl (C=O) groups excluding carboxylic acids is 4. The average Bonchev–Trinajstić information content (AvgIpc) is 3.30. The lowest BCUT2D eigenvalue weighted by Gasteiger charge is -2.34. The topological polar surface area (TPSA) is 230 Å². The number of benzene rings is 1. The summed E-state index contributed by atoms with van der Waals surface area (Å²) in [5.41, 5.74) is 1.79. The van der Waals surface area contributed by atoms with Crippen molar-refractivity contribution in [3.63, 3.8) is 0 Å². The maximum atomic E-state index is 13.4. The maximum absolute atomic E-state index is 13.4. The molecule has 17 nitrogen and oxygen atoms in total. The van der Waals surface area contributed by atoms with Crippen LogP contribution in [0, 0.1) is 5.92 Å². The number of halogens is 1. The van der Waals surface area contributed by atoms with Crippen molar-refractivity contribution in [3.05, 3.63) is 135 Å². The second kappa shape index (κ2) is 25.3. The number of fused-ring (bicyclic) bond motifs is 3. The van der Waals surface area contributed by atoms with Crippen LogP contribution in [0.3, 0.4) is 0 Å². The van der Waals surface area contributed by atoms with Gasteiger partial charge in [0.05, 0.1) is 37.2 Å². The number of carbonyl (C=O) groups is 4. The van der Waals surface area contributed by atoms with Gasteiger partial charge in [-0.3, -0.25) is 33.9 Å². The summed E-state index contributed by atoms with van der Waals surface area (Å²) in [6.45, 7) is 10.7. The molecule has 0 saturated heterocycles. The normalized spacial score (nSPS) is 16.6. The fourth-order valence-corrected chi connectivity index (χ4v) is 8.81. The Morgan fingerprint density at radius 2 is 1.27 bits per heavy atom. The van der Waals surface area contributed by atoms with Crippen molar-refractivity contribution in [2.75, 3.05) is 13.2 Å². The number of imide groups is 2. The minimum absolute atomic E-state index is 0.00699. The molecule has 1 N–H and O–H groups in total. The number of aromatic nitrogens is 2. The zero-order chi connectivity index (χ0) is 51.2. The van der Waals surface area contributed by atoms with Crippen molar-refractivity contribution in [1.82, 2.24) is 19.8 Å². The largest absolute Gasteiger partial charge is 0.461 e. The fraction of sp³-hybridized carbons (Fsp3) is 0.491. The third kappa shape index (κ3) is 13.7. The van der Waals surface area contributed by atoms with Gasteiger partial charge in [0, 0.05) is 24.7 Å². The van der Waals surface area contributed by atoms with E-state index >= 15 is 0 Å². The van der Waals surface area contributed by atoms with Crippen molar-refractivity contribution in [1.29, 1.82) is 0 Å². The molecule has 71 heavy (non-hydrogen) atoms. The second-order valence-electron chi connectivity index (χ2n) is 18.0. The lowest BCUT2D eigenvalue weighted by atomic mass is 9.83. The molecule has 1 unspecified atom stereocenters. The summed E-state index contributed by atoms with van der Waals surface area (Å²) in [5.74, 6) is -1.35. The fourth-order valence-electron chi connectivity index (χ4n) is 8.81. The number of amides is 4. The monoisotopic (exact) mass is 982 g/mol. The number of likely N-dealkylation sites (N-methyl/N-ethyl adjacent to an activating group) is 1. The summed E-state index contributed by atoms with van der Waals surface area (Å²) >= 11 is 0. The van der Waals surface area contributed by atoms with Crippen LogP contribution in [0.2, 0.25) is 0 Å². The molecule has 1 fully saturated rings. The number of hydrogen-bond donors (Lipinski definition) is 1. The number of nitrogens with one attached hydrogen (secondary N) is 1. The molecule has 1 atom stereocenters. The SMILES string of the molecule is CCCCCCc1cc(=O)oc2c1C(=O)N(CC)C(=O)C2.CCCCc1cc(=O)oc2c1C(=O)N(C(C)F)C(=O)C2.CCCCc1cc(=O)oc2nc(OC3CC(COCc4ccccc4)C3)[nH]c(=O)c12.